The second-order valence-electron chi connectivity index (χ2n) is 5.40. The van der Waals surface area contributed by atoms with Crippen LogP contribution in [0.2, 0.25) is 0 Å². The molecule has 0 bridgehead atoms. The number of rotatable bonds is 5. The molecule has 0 aliphatic heterocycles. The number of ether oxygens (including phenoxy) is 1. The van der Waals surface area contributed by atoms with E-state index in [1.807, 2.05) is 0 Å². The summed E-state index contributed by atoms with van der Waals surface area (Å²) in [6.07, 6.45) is 5.04. The van der Waals surface area contributed by atoms with E-state index >= 15 is 0 Å². The molecule has 0 spiro atoms. The summed E-state index contributed by atoms with van der Waals surface area (Å²) in [6.45, 7) is 1.17. The fourth-order valence-electron chi connectivity index (χ4n) is 2.70. The minimum absolute atomic E-state index is 0.0853. The summed E-state index contributed by atoms with van der Waals surface area (Å²) < 4.78 is 18.4. The van der Waals surface area contributed by atoms with Gasteiger partial charge in [0.25, 0.3) is 0 Å². The van der Waals surface area contributed by atoms with Crippen molar-refractivity contribution in [2.75, 3.05) is 0 Å². The van der Waals surface area contributed by atoms with Gasteiger partial charge in [-0.2, -0.15) is 0 Å². The topological polar surface area (TPSA) is 59.4 Å². The van der Waals surface area contributed by atoms with Crippen LogP contribution in [-0.4, -0.2) is 22.2 Å². The van der Waals surface area contributed by atoms with Crippen molar-refractivity contribution in [2.24, 2.45) is 11.8 Å². The van der Waals surface area contributed by atoms with Crippen molar-refractivity contribution in [2.45, 2.75) is 45.4 Å². The number of carboxylic acids is 1. The van der Waals surface area contributed by atoms with E-state index in [1.54, 1.807) is 25.3 Å². The number of aliphatic carboxylic acids is 1. The lowest BCUT2D eigenvalue weighted by atomic mass is 9.80. The summed E-state index contributed by atoms with van der Waals surface area (Å²) in [5.41, 5.74) is 0.371. The Kier molecular flexibility index (Phi) is 4.93. The molecule has 1 N–H and O–H groups in total. The second kappa shape index (κ2) is 6.68. The lowest BCUT2D eigenvalue weighted by Gasteiger charge is -2.30. The number of aromatic nitrogens is 1. The number of carbonyl (C=O) groups is 1. The van der Waals surface area contributed by atoms with Gasteiger partial charge in [-0.3, -0.25) is 9.78 Å². The molecule has 5 heteroatoms. The van der Waals surface area contributed by atoms with Crippen LogP contribution in [0.25, 0.3) is 0 Å². The molecule has 0 radical (unpaired) electrons. The van der Waals surface area contributed by atoms with Gasteiger partial charge in [-0.25, -0.2) is 4.39 Å². The molecule has 1 aliphatic rings. The molecule has 1 heterocycles. The number of halogens is 1. The number of hydrogen-bond acceptors (Lipinski definition) is 3. The van der Waals surface area contributed by atoms with Crippen LogP contribution in [0.4, 0.5) is 4.39 Å². The molecule has 1 saturated carbocycles. The van der Waals surface area contributed by atoms with E-state index in [0.717, 1.165) is 25.7 Å². The molecule has 110 valence electrons. The third kappa shape index (κ3) is 3.68. The Hall–Kier alpha value is -1.65. The molecule has 1 unspecified atom stereocenters. The molecule has 2 rings (SSSR count). The molecular weight excluding hydrogens is 261 g/mol. The highest BCUT2D eigenvalue weighted by atomic mass is 19.1. The van der Waals surface area contributed by atoms with Gasteiger partial charge in [0.15, 0.2) is 0 Å². The first-order valence-electron chi connectivity index (χ1n) is 7.00. The average molecular weight is 281 g/mol. The predicted octanol–water partition coefficient (Wildman–Crippen LogP) is 3.21. The smallest absolute Gasteiger partial charge is 0.306 e. The van der Waals surface area contributed by atoms with Gasteiger partial charge >= 0.3 is 5.97 Å². The van der Waals surface area contributed by atoms with Crippen LogP contribution in [0.1, 0.15) is 38.3 Å². The Labute approximate surface area is 118 Å². The number of alkyl halides is 1. The zero-order valence-electron chi connectivity index (χ0n) is 11.6. The van der Waals surface area contributed by atoms with Crippen molar-refractivity contribution in [3.05, 3.63) is 24.0 Å². The summed E-state index contributed by atoms with van der Waals surface area (Å²) in [5, 5.41) is 9.02. The molecule has 0 saturated heterocycles. The highest BCUT2D eigenvalue weighted by molar-refractivity contribution is 5.69. The monoisotopic (exact) mass is 281 g/mol. The van der Waals surface area contributed by atoms with Crippen LogP contribution >= 0.6 is 0 Å². The maximum Gasteiger partial charge on any atom is 0.306 e. The van der Waals surface area contributed by atoms with Gasteiger partial charge in [0.2, 0.25) is 0 Å². The summed E-state index contributed by atoms with van der Waals surface area (Å²) in [4.78, 5) is 14.9. The van der Waals surface area contributed by atoms with Crippen LogP contribution in [0.3, 0.4) is 0 Å². The minimum atomic E-state index is -0.726. The van der Waals surface area contributed by atoms with Crippen molar-refractivity contribution in [3.63, 3.8) is 0 Å². The molecule has 20 heavy (non-hydrogen) atoms. The van der Waals surface area contributed by atoms with Crippen LogP contribution in [0, 0.1) is 11.8 Å². The molecule has 1 aromatic rings. The summed E-state index contributed by atoms with van der Waals surface area (Å²) in [5.74, 6) is -0.153. The molecular formula is C15H20FNO3. The maximum atomic E-state index is 12.5. The van der Waals surface area contributed by atoms with Crippen molar-refractivity contribution in [1.29, 1.82) is 0 Å². The van der Waals surface area contributed by atoms with E-state index in [2.05, 4.69) is 4.98 Å². The minimum Gasteiger partial charge on any atom is -0.490 e. The van der Waals surface area contributed by atoms with Gasteiger partial charge < -0.3 is 9.84 Å². The first-order chi connectivity index (χ1) is 9.60. The normalized spacial score (nSPS) is 24.1. The lowest BCUT2D eigenvalue weighted by molar-refractivity contribution is -0.143. The largest absolute Gasteiger partial charge is 0.490 e. The van der Waals surface area contributed by atoms with Gasteiger partial charge in [0, 0.05) is 12.3 Å². The first-order valence-corrected chi connectivity index (χ1v) is 7.00. The highest BCUT2D eigenvalue weighted by Gasteiger charge is 2.29. The maximum absolute atomic E-state index is 12.5. The van der Waals surface area contributed by atoms with Gasteiger partial charge in [-0.15, -0.1) is 0 Å². The summed E-state index contributed by atoms with van der Waals surface area (Å²) in [6, 6.07) is 3.34. The number of nitrogens with zero attached hydrogens (tertiary/aromatic N) is 1. The summed E-state index contributed by atoms with van der Waals surface area (Å²) >= 11 is 0. The third-order valence-electron chi connectivity index (χ3n) is 4.04. The van der Waals surface area contributed by atoms with Gasteiger partial charge in [-0.1, -0.05) is 6.92 Å². The first kappa shape index (κ1) is 14.8. The van der Waals surface area contributed by atoms with Crippen LogP contribution in [-0.2, 0) is 11.5 Å². The zero-order chi connectivity index (χ0) is 14.5. The Morgan fingerprint density at radius 2 is 2.20 bits per heavy atom. The Bertz CT molecular complexity index is 458. The van der Waals surface area contributed by atoms with Crippen molar-refractivity contribution in [3.8, 4) is 5.75 Å². The third-order valence-corrected chi connectivity index (χ3v) is 4.04. The van der Waals surface area contributed by atoms with Gasteiger partial charge in [0.1, 0.15) is 12.4 Å². The van der Waals surface area contributed by atoms with Crippen molar-refractivity contribution in [1.82, 2.24) is 4.98 Å². The van der Waals surface area contributed by atoms with Crippen molar-refractivity contribution >= 4 is 5.97 Å². The molecule has 1 aromatic heterocycles. The average Bonchev–Trinajstić information content (AvgIpc) is 2.47. The second-order valence-corrected chi connectivity index (χ2v) is 5.40. The van der Waals surface area contributed by atoms with E-state index in [-0.39, 0.29) is 17.9 Å². The van der Waals surface area contributed by atoms with E-state index in [9.17, 15) is 9.18 Å². The molecule has 0 aromatic carbocycles. The van der Waals surface area contributed by atoms with E-state index in [1.165, 1.54) is 0 Å². The van der Waals surface area contributed by atoms with Crippen LogP contribution in [0.5, 0.6) is 5.75 Å². The van der Waals surface area contributed by atoms with Crippen LogP contribution in [0.15, 0.2) is 18.3 Å². The van der Waals surface area contributed by atoms with Crippen LogP contribution < -0.4 is 4.74 Å². The van der Waals surface area contributed by atoms with Gasteiger partial charge in [-0.05, 0) is 37.7 Å². The quantitative estimate of drug-likeness (QED) is 0.900. The molecule has 1 fully saturated rings. The Morgan fingerprint density at radius 3 is 2.80 bits per heavy atom. The number of hydrogen-bond donors (Lipinski definition) is 1. The Morgan fingerprint density at radius 1 is 1.50 bits per heavy atom. The molecule has 4 nitrogen and oxygen atoms in total. The van der Waals surface area contributed by atoms with E-state index in [4.69, 9.17) is 9.84 Å². The number of pyridine rings is 1. The van der Waals surface area contributed by atoms with Gasteiger partial charge in [0.05, 0.1) is 17.7 Å². The van der Waals surface area contributed by atoms with E-state index < -0.39 is 12.6 Å². The molecule has 1 atom stereocenters. The zero-order valence-corrected chi connectivity index (χ0v) is 11.6. The van der Waals surface area contributed by atoms with E-state index in [0.29, 0.717) is 11.4 Å². The fraction of sp³-hybridized carbons (Fsp3) is 0.600. The molecule has 1 aliphatic carbocycles. The lowest BCUT2D eigenvalue weighted by Crippen LogP contribution is -2.29. The SMILES string of the molecule is CC(C(=O)O)C1CCC(Oc2ccnc(CF)c2)CC1. The standard InChI is InChI=1S/C15H20FNO3/c1-10(15(18)19)11-2-4-13(5-3-11)20-14-6-7-17-12(8-14)9-16/h6-8,10-11,13H,2-5,9H2,1H3,(H,18,19). The Balaban J connectivity index is 1.86. The number of carboxylic acid groups (broad SMARTS) is 1. The fourth-order valence-corrected chi connectivity index (χ4v) is 2.70. The highest BCUT2D eigenvalue weighted by Crippen LogP contribution is 2.32. The van der Waals surface area contributed by atoms with Crippen molar-refractivity contribution < 1.29 is 19.0 Å². The molecule has 0 amide bonds. The predicted molar refractivity (Wildman–Crippen MR) is 72.2 cm³/mol. The summed E-state index contributed by atoms with van der Waals surface area (Å²) in [7, 11) is 0.